The summed E-state index contributed by atoms with van der Waals surface area (Å²) in [6, 6.07) is 13.9. The maximum absolute atomic E-state index is 12.8. The summed E-state index contributed by atoms with van der Waals surface area (Å²) in [5.74, 6) is 1.79. The predicted octanol–water partition coefficient (Wildman–Crippen LogP) is 7.09. The molecule has 0 saturated carbocycles. The first kappa shape index (κ1) is 24.8. The van der Waals surface area contributed by atoms with Gasteiger partial charge in [0.1, 0.15) is 11.5 Å². The van der Waals surface area contributed by atoms with E-state index in [1.54, 1.807) is 0 Å². The Kier molecular flexibility index (Phi) is 9.90. The standard InChI is InChI=1S/C27H39NO3/c1-6-7-8-9-18-30-24-15-13-23(14-16-24)28-26(29)27(4,5)17-10-19-31-25-20-21(2)11-12-22(25)3/h11-16,20H,6-10,17-19H2,1-5H3,(H,28,29). The monoisotopic (exact) mass is 425 g/mol. The second-order valence-electron chi connectivity index (χ2n) is 8.99. The molecule has 0 aliphatic carbocycles. The van der Waals surface area contributed by atoms with E-state index < -0.39 is 5.41 Å². The maximum Gasteiger partial charge on any atom is 0.230 e. The third-order valence-corrected chi connectivity index (χ3v) is 5.54. The van der Waals surface area contributed by atoms with Crippen LogP contribution in [0.3, 0.4) is 0 Å². The zero-order chi connectivity index (χ0) is 22.7. The van der Waals surface area contributed by atoms with Crippen molar-refractivity contribution in [3.8, 4) is 11.5 Å². The number of carbonyl (C=O) groups excluding carboxylic acids is 1. The first-order valence-corrected chi connectivity index (χ1v) is 11.6. The molecule has 1 N–H and O–H groups in total. The third-order valence-electron chi connectivity index (χ3n) is 5.54. The molecular weight excluding hydrogens is 386 g/mol. The molecule has 0 spiro atoms. The second-order valence-corrected chi connectivity index (χ2v) is 8.99. The average Bonchev–Trinajstić information content (AvgIpc) is 2.74. The quantitative estimate of drug-likeness (QED) is 0.349. The van der Waals surface area contributed by atoms with Crippen molar-refractivity contribution in [2.24, 2.45) is 5.41 Å². The number of carbonyl (C=O) groups is 1. The molecule has 2 rings (SSSR count). The van der Waals surface area contributed by atoms with Gasteiger partial charge >= 0.3 is 0 Å². The molecule has 0 fully saturated rings. The Labute approximate surface area is 188 Å². The zero-order valence-electron chi connectivity index (χ0n) is 19.9. The van der Waals surface area contributed by atoms with Crippen LogP contribution in [-0.2, 0) is 4.79 Å². The summed E-state index contributed by atoms with van der Waals surface area (Å²) in [5, 5.41) is 3.03. The van der Waals surface area contributed by atoms with E-state index >= 15 is 0 Å². The number of unbranched alkanes of at least 4 members (excludes halogenated alkanes) is 3. The Morgan fingerprint density at radius 2 is 1.61 bits per heavy atom. The third kappa shape index (κ3) is 8.64. The normalized spacial score (nSPS) is 11.3. The first-order valence-electron chi connectivity index (χ1n) is 11.6. The summed E-state index contributed by atoms with van der Waals surface area (Å²) in [6.45, 7) is 11.6. The van der Waals surface area contributed by atoms with Gasteiger partial charge in [-0.05, 0) is 74.6 Å². The fourth-order valence-electron chi connectivity index (χ4n) is 3.33. The van der Waals surface area contributed by atoms with Gasteiger partial charge in [-0.25, -0.2) is 0 Å². The first-order chi connectivity index (χ1) is 14.8. The van der Waals surface area contributed by atoms with E-state index in [0.29, 0.717) is 6.61 Å². The highest BCUT2D eigenvalue weighted by Gasteiger charge is 2.27. The van der Waals surface area contributed by atoms with Crippen LogP contribution in [0, 0.1) is 19.3 Å². The van der Waals surface area contributed by atoms with Gasteiger partial charge in [0.2, 0.25) is 5.91 Å². The van der Waals surface area contributed by atoms with Crippen LogP contribution >= 0.6 is 0 Å². The summed E-state index contributed by atoms with van der Waals surface area (Å²) >= 11 is 0. The maximum atomic E-state index is 12.8. The van der Waals surface area contributed by atoms with Gasteiger partial charge in [-0.3, -0.25) is 4.79 Å². The lowest BCUT2D eigenvalue weighted by atomic mass is 9.87. The van der Waals surface area contributed by atoms with Gasteiger partial charge in [0.25, 0.3) is 0 Å². The summed E-state index contributed by atoms with van der Waals surface area (Å²) in [7, 11) is 0. The molecule has 0 heterocycles. The second kappa shape index (κ2) is 12.4. The molecule has 4 heteroatoms. The van der Waals surface area contributed by atoms with Crippen molar-refractivity contribution in [1.82, 2.24) is 0 Å². The number of hydrogen-bond donors (Lipinski definition) is 1. The molecule has 4 nitrogen and oxygen atoms in total. The van der Waals surface area contributed by atoms with Crippen molar-refractivity contribution in [2.45, 2.75) is 73.1 Å². The van der Waals surface area contributed by atoms with Crippen LogP contribution in [0.15, 0.2) is 42.5 Å². The van der Waals surface area contributed by atoms with Gasteiger partial charge in [-0.15, -0.1) is 0 Å². The number of aryl methyl sites for hydroxylation is 2. The number of amides is 1. The van der Waals surface area contributed by atoms with Crippen molar-refractivity contribution in [3.05, 3.63) is 53.6 Å². The summed E-state index contributed by atoms with van der Waals surface area (Å²) < 4.78 is 11.7. The van der Waals surface area contributed by atoms with Gasteiger partial charge in [-0.1, -0.05) is 52.2 Å². The highest BCUT2D eigenvalue weighted by molar-refractivity contribution is 5.94. The van der Waals surface area contributed by atoms with E-state index in [9.17, 15) is 4.79 Å². The van der Waals surface area contributed by atoms with Crippen LogP contribution < -0.4 is 14.8 Å². The number of nitrogens with one attached hydrogen (secondary N) is 1. The molecule has 0 aromatic heterocycles. The molecule has 0 aliphatic rings. The van der Waals surface area contributed by atoms with E-state index in [-0.39, 0.29) is 5.91 Å². The number of hydrogen-bond acceptors (Lipinski definition) is 3. The Hall–Kier alpha value is -2.49. The molecule has 0 radical (unpaired) electrons. The van der Waals surface area contributed by atoms with Crippen LogP contribution in [-0.4, -0.2) is 19.1 Å². The highest BCUT2D eigenvalue weighted by atomic mass is 16.5. The van der Waals surface area contributed by atoms with E-state index in [0.717, 1.165) is 48.6 Å². The highest BCUT2D eigenvalue weighted by Crippen LogP contribution is 2.26. The van der Waals surface area contributed by atoms with Crippen molar-refractivity contribution >= 4 is 11.6 Å². The number of anilines is 1. The Morgan fingerprint density at radius 1 is 0.903 bits per heavy atom. The molecule has 0 aliphatic heterocycles. The van der Waals surface area contributed by atoms with Gasteiger partial charge in [0, 0.05) is 11.1 Å². The minimum absolute atomic E-state index is 0.0208. The van der Waals surface area contributed by atoms with E-state index in [1.165, 1.54) is 24.8 Å². The molecule has 2 aromatic carbocycles. The summed E-state index contributed by atoms with van der Waals surface area (Å²) in [6.07, 6.45) is 6.33. The summed E-state index contributed by atoms with van der Waals surface area (Å²) in [5.41, 5.74) is 2.65. The molecular formula is C27H39NO3. The van der Waals surface area contributed by atoms with E-state index in [2.05, 4.69) is 44.3 Å². The topological polar surface area (TPSA) is 47.6 Å². The minimum atomic E-state index is -0.473. The Morgan fingerprint density at radius 3 is 2.32 bits per heavy atom. The number of rotatable bonds is 13. The molecule has 0 bridgehead atoms. The molecule has 0 unspecified atom stereocenters. The summed E-state index contributed by atoms with van der Waals surface area (Å²) in [4.78, 5) is 12.8. The van der Waals surface area contributed by atoms with Crippen LogP contribution in [0.2, 0.25) is 0 Å². The number of benzene rings is 2. The molecule has 0 saturated heterocycles. The SMILES string of the molecule is CCCCCCOc1ccc(NC(=O)C(C)(C)CCCOc2cc(C)ccc2C)cc1. The average molecular weight is 426 g/mol. The van der Waals surface area contributed by atoms with Crippen LogP contribution in [0.5, 0.6) is 11.5 Å². The smallest absolute Gasteiger partial charge is 0.230 e. The largest absolute Gasteiger partial charge is 0.494 e. The fourth-order valence-corrected chi connectivity index (χ4v) is 3.33. The van der Waals surface area contributed by atoms with E-state index in [4.69, 9.17) is 9.47 Å². The van der Waals surface area contributed by atoms with Gasteiger partial charge in [0.05, 0.1) is 13.2 Å². The molecule has 2 aromatic rings. The molecule has 31 heavy (non-hydrogen) atoms. The zero-order valence-corrected chi connectivity index (χ0v) is 19.9. The predicted molar refractivity (Wildman–Crippen MR) is 129 cm³/mol. The lowest BCUT2D eigenvalue weighted by Crippen LogP contribution is -2.31. The molecule has 0 atom stereocenters. The van der Waals surface area contributed by atoms with Gasteiger partial charge in [0.15, 0.2) is 0 Å². The van der Waals surface area contributed by atoms with Gasteiger partial charge in [-0.2, -0.15) is 0 Å². The van der Waals surface area contributed by atoms with Crippen molar-refractivity contribution in [1.29, 1.82) is 0 Å². The minimum Gasteiger partial charge on any atom is -0.494 e. The fraction of sp³-hybridized carbons (Fsp3) is 0.519. The lowest BCUT2D eigenvalue weighted by Gasteiger charge is -2.24. The van der Waals surface area contributed by atoms with Gasteiger partial charge < -0.3 is 14.8 Å². The van der Waals surface area contributed by atoms with Crippen LogP contribution in [0.1, 0.15) is 70.4 Å². The molecule has 1 amide bonds. The van der Waals surface area contributed by atoms with Crippen LogP contribution in [0.4, 0.5) is 5.69 Å². The molecule has 170 valence electrons. The van der Waals surface area contributed by atoms with Crippen LogP contribution in [0.25, 0.3) is 0 Å². The van der Waals surface area contributed by atoms with Crippen molar-refractivity contribution in [3.63, 3.8) is 0 Å². The van der Waals surface area contributed by atoms with Crippen molar-refractivity contribution in [2.75, 3.05) is 18.5 Å². The van der Waals surface area contributed by atoms with E-state index in [1.807, 2.05) is 38.1 Å². The Bertz CT molecular complexity index is 812. The van der Waals surface area contributed by atoms with Crippen molar-refractivity contribution < 1.29 is 14.3 Å². The Balaban J connectivity index is 1.75. The number of ether oxygens (including phenoxy) is 2. The lowest BCUT2D eigenvalue weighted by molar-refractivity contribution is -0.124.